The maximum atomic E-state index is 12.8. The number of carbonyl (C=O) groups is 1. The second kappa shape index (κ2) is 9.11. The summed E-state index contributed by atoms with van der Waals surface area (Å²) in [5.41, 5.74) is 9.87. The van der Waals surface area contributed by atoms with Crippen molar-refractivity contribution < 1.29 is 17.9 Å². The molecule has 6 nitrogen and oxygen atoms in total. The van der Waals surface area contributed by atoms with Crippen LogP contribution in [-0.4, -0.2) is 27.5 Å². The first-order valence-electron chi connectivity index (χ1n) is 9.41. The molecule has 3 rings (SSSR count). The zero-order chi connectivity index (χ0) is 21.7. The fourth-order valence-electron chi connectivity index (χ4n) is 3.10. The third-order valence-electron chi connectivity index (χ3n) is 4.82. The molecule has 0 saturated heterocycles. The minimum atomic E-state index is -3.76. The van der Waals surface area contributed by atoms with Gasteiger partial charge in [-0.2, -0.15) is 0 Å². The molecule has 3 aromatic rings. The van der Waals surface area contributed by atoms with Crippen LogP contribution in [0.5, 0.6) is 0 Å². The highest BCUT2D eigenvalue weighted by Gasteiger charge is 2.18. The van der Waals surface area contributed by atoms with Gasteiger partial charge in [0.15, 0.2) is 0 Å². The number of hydrogen-bond donors (Lipinski definition) is 2. The maximum absolute atomic E-state index is 12.8. The van der Waals surface area contributed by atoms with Crippen LogP contribution < -0.4 is 10.5 Å². The summed E-state index contributed by atoms with van der Waals surface area (Å²) in [7, 11) is -2.48. The lowest BCUT2D eigenvalue weighted by atomic mass is 10.0. The molecule has 0 bridgehead atoms. The molecule has 1 atom stereocenters. The van der Waals surface area contributed by atoms with Gasteiger partial charge in [-0.15, -0.1) is 0 Å². The Morgan fingerprint density at radius 1 is 1.00 bits per heavy atom. The van der Waals surface area contributed by atoms with Gasteiger partial charge in [0, 0.05) is 5.69 Å². The van der Waals surface area contributed by atoms with Crippen molar-refractivity contribution in [1.29, 1.82) is 0 Å². The fraction of sp³-hybridized carbons (Fsp3) is 0.174. The highest BCUT2D eigenvalue weighted by atomic mass is 32.2. The first-order valence-corrected chi connectivity index (χ1v) is 10.9. The number of esters is 1. The minimum Gasteiger partial charge on any atom is -0.468 e. The molecule has 0 unspecified atom stereocenters. The molecular weight excluding hydrogens is 400 g/mol. The van der Waals surface area contributed by atoms with E-state index in [9.17, 15) is 13.2 Å². The normalized spacial score (nSPS) is 12.2. The van der Waals surface area contributed by atoms with Crippen LogP contribution in [0.15, 0.2) is 77.7 Å². The van der Waals surface area contributed by atoms with Crippen LogP contribution in [0.1, 0.15) is 11.1 Å². The molecule has 30 heavy (non-hydrogen) atoms. The van der Waals surface area contributed by atoms with E-state index < -0.39 is 22.0 Å². The Morgan fingerprint density at radius 3 is 2.27 bits per heavy atom. The molecule has 0 heterocycles. The van der Waals surface area contributed by atoms with E-state index in [-0.39, 0.29) is 11.3 Å². The largest absolute Gasteiger partial charge is 0.468 e. The van der Waals surface area contributed by atoms with Crippen LogP contribution in [0.25, 0.3) is 11.1 Å². The molecule has 0 aliphatic carbocycles. The molecule has 0 aromatic heterocycles. The monoisotopic (exact) mass is 424 g/mol. The SMILES string of the molecule is COC(=O)[C@@H](N)Cc1cc(NS(=O)(=O)c2ccc(-c3ccccc3)cc2)ccc1C. The fourth-order valence-corrected chi connectivity index (χ4v) is 4.15. The Labute approximate surface area is 176 Å². The summed E-state index contributed by atoms with van der Waals surface area (Å²) < 4.78 is 32.9. The molecule has 0 fully saturated rings. The van der Waals surface area contributed by atoms with Crippen molar-refractivity contribution in [1.82, 2.24) is 0 Å². The number of benzene rings is 3. The predicted molar refractivity (Wildman–Crippen MR) is 118 cm³/mol. The lowest BCUT2D eigenvalue weighted by molar-refractivity contribution is -0.142. The Hall–Kier alpha value is -3.16. The number of sulfonamides is 1. The van der Waals surface area contributed by atoms with E-state index >= 15 is 0 Å². The van der Waals surface area contributed by atoms with Crippen molar-refractivity contribution in [2.24, 2.45) is 5.73 Å². The number of anilines is 1. The van der Waals surface area contributed by atoms with E-state index in [0.29, 0.717) is 5.69 Å². The summed E-state index contributed by atoms with van der Waals surface area (Å²) in [6.45, 7) is 1.87. The average molecular weight is 425 g/mol. The van der Waals surface area contributed by atoms with Gasteiger partial charge in [-0.1, -0.05) is 48.5 Å². The number of nitrogens with one attached hydrogen (secondary N) is 1. The molecule has 0 spiro atoms. The number of methoxy groups -OCH3 is 1. The van der Waals surface area contributed by atoms with Gasteiger partial charge in [0.25, 0.3) is 10.0 Å². The number of nitrogens with two attached hydrogens (primary N) is 1. The van der Waals surface area contributed by atoms with Crippen LogP contribution in [0.3, 0.4) is 0 Å². The summed E-state index contributed by atoms with van der Waals surface area (Å²) in [6.07, 6.45) is 0.250. The van der Waals surface area contributed by atoms with Gasteiger partial charge in [-0.05, 0) is 59.9 Å². The number of carbonyl (C=O) groups excluding carboxylic acids is 1. The number of rotatable bonds is 7. The van der Waals surface area contributed by atoms with Gasteiger partial charge in [-0.25, -0.2) is 8.42 Å². The van der Waals surface area contributed by atoms with Crippen LogP contribution in [0.2, 0.25) is 0 Å². The summed E-state index contributed by atoms with van der Waals surface area (Å²) in [6, 6.07) is 20.8. The topological polar surface area (TPSA) is 98.5 Å². The summed E-state index contributed by atoms with van der Waals surface area (Å²) in [5.74, 6) is -0.515. The molecule has 3 N–H and O–H groups in total. The quantitative estimate of drug-likeness (QED) is 0.566. The molecule has 0 radical (unpaired) electrons. The van der Waals surface area contributed by atoms with Crippen molar-refractivity contribution in [2.75, 3.05) is 11.8 Å². The third-order valence-corrected chi connectivity index (χ3v) is 6.21. The van der Waals surface area contributed by atoms with Crippen LogP contribution in [-0.2, 0) is 26.0 Å². The molecule has 156 valence electrons. The van der Waals surface area contributed by atoms with Crippen molar-refractivity contribution >= 4 is 21.7 Å². The Balaban J connectivity index is 1.80. The third kappa shape index (κ3) is 5.06. The zero-order valence-electron chi connectivity index (χ0n) is 16.8. The molecule has 3 aromatic carbocycles. The first-order chi connectivity index (χ1) is 14.3. The van der Waals surface area contributed by atoms with Crippen molar-refractivity contribution in [2.45, 2.75) is 24.3 Å². The second-order valence-corrected chi connectivity index (χ2v) is 8.65. The van der Waals surface area contributed by atoms with Gasteiger partial charge in [0.05, 0.1) is 12.0 Å². The van der Waals surface area contributed by atoms with Crippen molar-refractivity contribution in [3.8, 4) is 11.1 Å². The predicted octanol–water partition coefficient (Wildman–Crippen LogP) is 3.51. The maximum Gasteiger partial charge on any atom is 0.322 e. The Bertz CT molecular complexity index is 1130. The molecule has 7 heteroatoms. The van der Waals surface area contributed by atoms with E-state index in [1.54, 1.807) is 42.5 Å². The minimum absolute atomic E-state index is 0.163. The van der Waals surface area contributed by atoms with Crippen LogP contribution in [0.4, 0.5) is 5.69 Å². The highest BCUT2D eigenvalue weighted by molar-refractivity contribution is 7.92. The van der Waals surface area contributed by atoms with E-state index in [1.165, 1.54) is 7.11 Å². The van der Waals surface area contributed by atoms with Gasteiger partial charge >= 0.3 is 5.97 Å². The van der Waals surface area contributed by atoms with Gasteiger partial charge in [-0.3, -0.25) is 9.52 Å². The summed E-state index contributed by atoms with van der Waals surface area (Å²) in [5, 5.41) is 0. The first kappa shape index (κ1) is 21.5. The van der Waals surface area contributed by atoms with Crippen molar-refractivity contribution in [3.05, 3.63) is 83.9 Å². The van der Waals surface area contributed by atoms with E-state index in [0.717, 1.165) is 22.3 Å². The highest BCUT2D eigenvalue weighted by Crippen LogP contribution is 2.24. The smallest absolute Gasteiger partial charge is 0.322 e. The standard InChI is InChI=1S/C23H24N2O4S/c1-16-8-11-20(14-19(16)15-22(24)23(26)29-2)25-30(27,28)21-12-9-18(10-13-21)17-6-4-3-5-7-17/h3-14,22,25H,15,24H2,1-2H3/t22-/m0/s1. The van der Waals surface area contributed by atoms with Gasteiger partial charge < -0.3 is 10.5 Å². The average Bonchev–Trinajstić information content (AvgIpc) is 2.76. The summed E-state index contributed by atoms with van der Waals surface area (Å²) >= 11 is 0. The lowest BCUT2D eigenvalue weighted by Gasteiger charge is -2.14. The van der Waals surface area contributed by atoms with Gasteiger partial charge in [0.1, 0.15) is 6.04 Å². The lowest BCUT2D eigenvalue weighted by Crippen LogP contribution is -2.33. The van der Waals surface area contributed by atoms with E-state index in [1.807, 2.05) is 37.3 Å². The molecule has 0 amide bonds. The van der Waals surface area contributed by atoms with Crippen LogP contribution >= 0.6 is 0 Å². The Kier molecular flexibility index (Phi) is 6.54. The summed E-state index contributed by atoms with van der Waals surface area (Å²) in [4.78, 5) is 11.8. The number of aryl methyl sites for hydroxylation is 1. The molecule has 0 aliphatic heterocycles. The zero-order valence-corrected chi connectivity index (χ0v) is 17.6. The molecular formula is C23H24N2O4S. The van der Waals surface area contributed by atoms with Crippen LogP contribution in [0, 0.1) is 6.92 Å². The number of ether oxygens (including phenoxy) is 1. The van der Waals surface area contributed by atoms with Gasteiger partial charge in [0.2, 0.25) is 0 Å². The number of hydrogen-bond acceptors (Lipinski definition) is 5. The van der Waals surface area contributed by atoms with E-state index in [4.69, 9.17) is 5.73 Å². The van der Waals surface area contributed by atoms with E-state index in [2.05, 4.69) is 9.46 Å². The Morgan fingerprint density at radius 2 is 1.63 bits per heavy atom. The molecule has 0 aliphatic rings. The second-order valence-electron chi connectivity index (χ2n) is 6.97. The molecule has 0 saturated carbocycles. The van der Waals surface area contributed by atoms with Crippen molar-refractivity contribution in [3.63, 3.8) is 0 Å².